The number of ether oxygens (including phenoxy) is 2. The van der Waals surface area contributed by atoms with Crippen molar-refractivity contribution in [1.29, 1.82) is 0 Å². The first-order valence-electron chi connectivity index (χ1n) is 3.48. The van der Waals surface area contributed by atoms with Crippen LogP contribution in [0.4, 0.5) is 0 Å². The molecule has 1 atom stereocenters. The molecule has 0 radical (unpaired) electrons. The Kier molecular flexibility index (Phi) is 3.18. The lowest BCUT2D eigenvalue weighted by Gasteiger charge is -2.03. The number of nitrogens with zero attached hydrogens (tertiary/aromatic N) is 2. The molecule has 0 aliphatic rings. The van der Waals surface area contributed by atoms with Crippen molar-refractivity contribution in [2.24, 2.45) is 0 Å². The summed E-state index contributed by atoms with van der Waals surface area (Å²) in [4.78, 5) is 7.77. The van der Waals surface area contributed by atoms with Crippen molar-refractivity contribution in [2.75, 3.05) is 20.5 Å². The van der Waals surface area contributed by atoms with E-state index in [0.29, 0.717) is 11.8 Å². The van der Waals surface area contributed by atoms with E-state index < -0.39 is 10.8 Å². The molecular formula is C7H10N2O3S. The van der Waals surface area contributed by atoms with Crippen LogP contribution in [0.15, 0.2) is 11.2 Å². The summed E-state index contributed by atoms with van der Waals surface area (Å²) in [5, 5.41) is 0.205. The van der Waals surface area contributed by atoms with Crippen LogP contribution < -0.4 is 9.47 Å². The summed E-state index contributed by atoms with van der Waals surface area (Å²) in [5.41, 5.74) is 0. The second-order valence-corrected chi connectivity index (χ2v) is 3.46. The Morgan fingerprint density at radius 2 is 1.69 bits per heavy atom. The fourth-order valence-electron chi connectivity index (χ4n) is 0.721. The standard InChI is InChI=1S/C7H10N2O3S/c1-11-5-4-6(12-2)9-7(8-5)13(3)10/h4H,1-3H3. The molecule has 0 N–H and O–H groups in total. The van der Waals surface area contributed by atoms with E-state index in [4.69, 9.17) is 9.47 Å². The van der Waals surface area contributed by atoms with Gasteiger partial charge in [-0.2, -0.15) is 9.97 Å². The molecule has 0 fully saturated rings. The summed E-state index contributed by atoms with van der Waals surface area (Å²) in [6, 6.07) is 1.52. The van der Waals surface area contributed by atoms with E-state index in [0.717, 1.165) is 0 Å². The minimum absolute atomic E-state index is 0.205. The molecule has 13 heavy (non-hydrogen) atoms. The first-order valence-corrected chi connectivity index (χ1v) is 5.03. The molecule has 0 saturated carbocycles. The van der Waals surface area contributed by atoms with E-state index in [1.54, 1.807) is 0 Å². The summed E-state index contributed by atoms with van der Waals surface area (Å²) < 4.78 is 20.8. The van der Waals surface area contributed by atoms with Gasteiger partial charge in [-0.3, -0.25) is 4.21 Å². The Morgan fingerprint density at radius 3 is 2.00 bits per heavy atom. The van der Waals surface area contributed by atoms with Crippen LogP contribution in [0.1, 0.15) is 0 Å². The molecule has 1 heterocycles. The summed E-state index contributed by atoms with van der Waals surface area (Å²) in [6.45, 7) is 0. The van der Waals surface area contributed by atoms with E-state index in [1.165, 1.54) is 26.5 Å². The fourth-order valence-corrected chi connectivity index (χ4v) is 1.16. The third-order valence-electron chi connectivity index (χ3n) is 1.33. The van der Waals surface area contributed by atoms with Gasteiger partial charge in [0.1, 0.15) is 0 Å². The molecule has 0 bridgehead atoms. The lowest BCUT2D eigenvalue weighted by atomic mass is 10.6. The molecular weight excluding hydrogens is 192 g/mol. The van der Waals surface area contributed by atoms with E-state index in [2.05, 4.69) is 9.97 Å². The van der Waals surface area contributed by atoms with Gasteiger partial charge in [-0.05, 0) is 0 Å². The lowest BCUT2D eigenvalue weighted by molar-refractivity contribution is 0.363. The van der Waals surface area contributed by atoms with Gasteiger partial charge in [-0.15, -0.1) is 0 Å². The van der Waals surface area contributed by atoms with Crippen LogP contribution >= 0.6 is 0 Å². The SMILES string of the molecule is COc1cc(OC)nc(S(C)=O)n1. The Hall–Kier alpha value is -1.17. The number of aromatic nitrogens is 2. The number of hydrogen-bond donors (Lipinski definition) is 0. The lowest BCUT2D eigenvalue weighted by Crippen LogP contribution is -2.01. The first-order chi connectivity index (χ1) is 6.17. The average molecular weight is 202 g/mol. The minimum atomic E-state index is -1.23. The molecule has 5 nitrogen and oxygen atoms in total. The van der Waals surface area contributed by atoms with Gasteiger partial charge >= 0.3 is 0 Å². The summed E-state index contributed by atoms with van der Waals surface area (Å²) in [7, 11) is 1.72. The largest absolute Gasteiger partial charge is 0.481 e. The van der Waals surface area contributed by atoms with Crippen LogP contribution in [0, 0.1) is 0 Å². The van der Waals surface area contributed by atoms with Gasteiger partial charge in [0.2, 0.25) is 16.9 Å². The molecule has 1 aromatic heterocycles. The third kappa shape index (κ3) is 2.38. The molecule has 0 saturated heterocycles. The molecule has 0 aromatic carbocycles. The van der Waals surface area contributed by atoms with Gasteiger partial charge in [0.15, 0.2) is 0 Å². The maximum absolute atomic E-state index is 11.1. The fraction of sp³-hybridized carbons (Fsp3) is 0.429. The molecule has 0 spiro atoms. The molecule has 0 aliphatic heterocycles. The van der Waals surface area contributed by atoms with Crippen molar-refractivity contribution in [2.45, 2.75) is 5.16 Å². The Morgan fingerprint density at radius 1 is 1.23 bits per heavy atom. The summed E-state index contributed by atoms with van der Waals surface area (Å²) >= 11 is 0. The highest BCUT2D eigenvalue weighted by Crippen LogP contribution is 2.15. The summed E-state index contributed by atoms with van der Waals surface area (Å²) in [6.07, 6.45) is 1.49. The first kappa shape index (κ1) is 9.91. The zero-order valence-electron chi connectivity index (χ0n) is 7.60. The predicted molar refractivity (Wildman–Crippen MR) is 47.5 cm³/mol. The average Bonchev–Trinajstić information content (AvgIpc) is 2.16. The Bertz CT molecular complexity index is 307. The topological polar surface area (TPSA) is 61.3 Å². The Labute approximate surface area is 78.6 Å². The van der Waals surface area contributed by atoms with Crippen molar-refractivity contribution in [1.82, 2.24) is 9.97 Å². The molecule has 72 valence electrons. The van der Waals surface area contributed by atoms with Crippen LogP contribution in [-0.2, 0) is 10.8 Å². The van der Waals surface area contributed by atoms with Gasteiger partial charge < -0.3 is 9.47 Å². The molecule has 0 amide bonds. The van der Waals surface area contributed by atoms with E-state index in [9.17, 15) is 4.21 Å². The molecule has 0 aliphatic carbocycles. The van der Waals surface area contributed by atoms with Crippen molar-refractivity contribution < 1.29 is 13.7 Å². The predicted octanol–water partition coefficient (Wildman–Crippen LogP) is 0.231. The van der Waals surface area contributed by atoms with Crippen LogP contribution in [0.3, 0.4) is 0 Å². The second kappa shape index (κ2) is 4.18. The van der Waals surface area contributed by atoms with Crippen LogP contribution in [0.2, 0.25) is 0 Å². The van der Waals surface area contributed by atoms with Crippen LogP contribution in [-0.4, -0.2) is 34.7 Å². The van der Waals surface area contributed by atoms with Crippen molar-refractivity contribution in [3.05, 3.63) is 6.07 Å². The van der Waals surface area contributed by atoms with Crippen LogP contribution in [0.5, 0.6) is 11.8 Å². The smallest absolute Gasteiger partial charge is 0.224 e. The quantitative estimate of drug-likeness (QED) is 0.657. The number of methoxy groups -OCH3 is 2. The van der Waals surface area contributed by atoms with Gasteiger partial charge in [-0.1, -0.05) is 0 Å². The number of rotatable bonds is 3. The van der Waals surface area contributed by atoms with Crippen molar-refractivity contribution in [3.63, 3.8) is 0 Å². The van der Waals surface area contributed by atoms with Crippen LogP contribution in [0.25, 0.3) is 0 Å². The third-order valence-corrected chi connectivity index (χ3v) is 2.03. The summed E-state index contributed by atoms with van der Waals surface area (Å²) in [5.74, 6) is 0.689. The maximum atomic E-state index is 11.1. The zero-order valence-corrected chi connectivity index (χ0v) is 8.42. The van der Waals surface area contributed by atoms with E-state index >= 15 is 0 Å². The molecule has 6 heteroatoms. The highest BCUT2D eigenvalue weighted by Gasteiger charge is 2.07. The van der Waals surface area contributed by atoms with E-state index in [-0.39, 0.29) is 5.16 Å². The number of hydrogen-bond acceptors (Lipinski definition) is 5. The molecule has 1 unspecified atom stereocenters. The molecule has 1 rings (SSSR count). The Balaban J connectivity index is 3.14. The highest BCUT2D eigenvalue weighted by atomic mass is 32.2. The van der Waals surface area contributed by atoms with E-state index in [1.807, 2.05) is 0 Å². The zero-order chi connectivity index (χ0) is 9.84. The van der Waals surface area contributed by atoms with Crippen molar-refractivity contribution in [3.8, 4) is 11.8 Å². The van der Waals surface area contributed by atoms with Crippen molar-refractivity contribution >= 4 is 10.8 Å². The van der Waals surface area contributed by atoms with Gasteiger partial charge in [0.25, 0.3) is 0 Å². The van der Waals surface area contributed by atoms with Gasteiger partial charge in [-0.25, -0.2) is 0 Å². The minimum Gasteiger partial charge on any atom is -0.481 e. The highest BCUT2D eigenvalue weighted by molar-refractivity contribution is 7.84. The maximum Gasteiger partial charge on any atom is 0.224 e. The normalized spacial score (nSPS) is 12.2. The second-order valence-electron chi connectivity index (χ2n) is 2.19. The molecule has 1 aromatic rings. The monoisotopic (exact) mass is 202 g/mol. The van der Waals surface area contributed by atoms with Gasteiger partial charge in [0, 0.05) is 6.26 Å². The van der Waals surface area contributed by atoms with Gasteiger partial charge in [0.05, 0.1) is 31.1 Å².